The molecule has 3 aromatic rings. The molecule has 8 nitrogen and oxygen atoms in total. The lowest BCUT2D eigenvalue weighted by atomic mass is 10.1. The van der Waals surface area contributed by atoms with Crippen LogP contribution in [0, 0.1) is 0 Å². The van der Waals surface area contributed by atoms with Crippen LogP contribution in [-0.2, 0) is 17.8 Å². The summed E-state index contributed by atoms with van der Waals surface area (Å²) in [6, 6.07) is 19.8. The minimum absolute atomic E-state index is 0.156. The highest BCUT2D eigenvalue weighted by Gasteiger charge is 2.34. The summed E-state index contributed by atoms with van der Waals surface area (Å²) in [4.78, 5) is 41.1. The van der Waals surface area contributed by atoms with Crippen LogP contribution in [0.2, 0.25) is 0 Å². The number of anilines is 1. The maximum absolute atomic E-state index is 12.8. The summed E-state index contributed by atoms with van der Waals surface area (Å²) in [5.74, 6) is -0.422. The highest BCUT2D eigenvalue weighted by Crippen LogP contribution is 2.30. The molecule has 0 saturated heterocycles. The molecule has 1 heterocycles. The summed E-state index contributed by atoms with van der Waals surface area (Å²) >= 11 is 0. The first-order valence-corrected chi connectivity index (χ1v) is 10.7. The summed E-state index contributed by atoms with van der Waals surface area (Å²) < 4.78 is 11.6. The number of benzene rings is 3. The van der Waals surface area contributed by atoms with Crippen LogP contribution < -0.4 is 14.4 Å². The Bertz CT molecular complexity index is 1250. The van der Waals surface area contributed by atoms with E-state index in [1.165, 1.54) is 12.1 Å². The standard InChI is InChI=1S/C26H22N2O6/c1-2-33-23-15-18(10-13-22(23)34-16-17-8-11-19(12-9-17)25(30)31)14-21-24(29)28(26(32)27-21)20-6-4-3-5-7-20/h3-13,15H,2,14,16H2,1H3,(H,30,31). The Labute approximate surface area is 196 Å². The summed E-state index contributed by atoms with van der Waals surface area (Å²) in [6.07, 6.45) is 0.172. The van der Waals surface area contributed by atoms with E-state index in [4.69, 9.17) is 14.6 Å². The van der Waals surface area contributed by atoms with Gasteiger partial charge in [0.2, 0.25) is 0 Å². The summed E-state index contributed by atoms with van der Waals surface area (Å²) in [5.41, 5.74) is 2.39. The summed E-state index contributed by atoms with van der Waals surface area (Å²) in [5, 5.41) is 9.01. The fourth-order valence-electron chi connectivity index (χ4n) is 3.50. The van der Waals surface area contributed by atoms with Gasteiger partial charge in [0.1, 0.15) is 12.3 Å². The number of aliphatic imine (C=N–C) groups is 1. The molecule has 1 N–H and O–H groups in total. The van der Waals surface area contributed by atoms with Crippen LogP contribution in [0.25, 0.3) is 0 Å². The van der Waals surface area contributed by atoms with Crippen molar-refractivity contribution in [1.29, 1.82) is 0 Å². The van der Waals surface area contributed by atoms with Crippen molar-refractivity contribution in [2.45, 2.75) is 20.0 Å². The monoisotopic (exact) mass is 458 g/mol. The molecular weight excluding hydrogens is 436 g/mol. The molecule has 0 spiro atoms. The number of urea groups is 1. The first kappa shape index (κ1) is 22.7. The van der Waals surface area contributed by atoms with Crippen molar-refractivity contribution in [3.8, 4) is 11.5 Å². The fourth-order valence-corrected chi connectivity index (χ4v) is 3.50. The molecule has 8 heteroatoms. The smallest absolute Gasteiger partial charge is 0.355 e. The number of carboxylic acid groups (broad SMARTS) is 1. The number of amides is 3. The van der Waals surface area contributed by atoms with Crippen LogP contribution in [-0.4, -0.2) is 35.3 Å². The lowest BCUT2D eigenvalue weighted by molar-refractivity contribution is -0.111. The van der Waals surface area contributed by atoms with Gasteiger partial charge in [0.25, 0.3) is 5.91 Å². The topological polar surface area (TPSA) is 106 Å². The zero-order valence-electron chi connectivity index (χ0n) is 18.4. The van der Waals surface area contributed by atoms with Crippen LogP contribution >= 0.6 is 0 Å². The summed E-state index contributed by atoms with van der Waals surface area (Å²) in [7, 11) is 0. The minimum atomic E-state index is -0.986. The van der Waals surface area contributed by atoms with Gasteiger partial charge in [0.15, 0.2) is 11.5 Å². The average Bonchev–Trinajstić information content (AvgIpc) is 3.12. The van der Waals surface area contributed by atoms with Gasteiger partial charge in [-0.15, -0.1) is 0 Å². The van der Waals surface area contributed by atoms with E-state index in [1.807, 2.05) is 6.92 Å². The molecule has 3 amide bonds. The van der Waals surface area contributed by atoms with E-state index in [2.05, 4.69) is 4.99 Å². The number of rotatable bonds is 9. The fraction of sp³-hybridized carbons (Fsp3) is 0.154. The van der Waals surface area contributed by atoms with Crippen LogP contribution in [0.5, 0.6) is 11.5 Å². The van der Waals surface area contributed by atoms with E-state index < -0.39 is 17.9 Å². The number of hydrogen-bond acceptors (Lipinski definition) is 5. The van der Waals surface area contributed by atoms with Gasteiger partial charge in [-0.3, -0.25) is 4.79 Å². The number of imide groups is 1. The van der Waals surface area contributed by atoms with Crippen molar-refractivity contribution < 1.29 is 29.0 Å². The average molecular weight is 458 g/mol. The third-order valence-electron chi connectivity index (χ3n) is 5.16. The molecule has 0 aliphatic carbocycles. The molecule has 4 rings (SSSR count). The normalized spacial score (nSPS) is 13.1. The van der Waals surface area contributed by atoms with Crippen LogP contribution in [0.4, 0.5) is 10.5 Å². The lowest BCUT2D eigenvalue weighted by Crippen LogP contribution is -2.33. The Morgan fingerprint density at radius 3 is 2.29 bits per heavy atom. The predicted molar refractivity (Wildman–Crippen MR) is 126 cm³/mol. The van der Waals surface area contributed by atoms with E-state index in [-0.39, 0.29) is 24.3 Å². The minimum Gasteiger partial charge on any atom is -0.490 e. The van der Waals surface area contributed by atoms with Crippen LogP contribution in [0.1, 0.15) is 28.4 Å². The van der Waals surface area contributed by atoms with Gasteiger partial charge >= 0.3 is 12.0 Å². The number of carbonyl (C=O) groups is 3. The molecular formula is C26H22N2O6. The zero-order valence-corrected chi connectivity index (χ0v) is 18.4. The van der Waals surface area contributed by atoms with Gasteiger partial charge in [0, 0.05) is 6.42 Å². The van der Waals surface area contributed by atoms with E-state index in [9.17, 15) is 14.4 Å². The van der Waals surface area contributed by atoms with Gasteiger partial charge in [-0.2, -0.15) is 4.99 Å². The quantitative estimate of drug-likeness (QED) is 0.506. The van der Waals surface area contributed by atoms with Gasteiger partial charge in [-0.25, -0.2) is 14.5 Å². The van der Waals surface area contributed by atoms with E-state index in [1.54, 1.807) is 60.7 Å². The summed E-state index contributed by atoms with van der Waals surface area (Å²) in [6.45, 7) is 2.49. The van der Waals surface area contributed by atoms with E-state index in [0.29, 0.717) is 23.8 Å². The second-order valence-corrected chi connectivity index (χ2v) is 7.50. The first-order valence-electron chi connectivity index (χ1n) is 10.7. The molecule has 1 aliphatic heterocycles. The second-order valence-electron chi connectivity index (χ2n) is 7.50. The maximum Gasteiger partial charge on any atom is 0.355 e. The number of carbonyl (C=O) groups excluding carboxylic acids is 2. The van der Waals surface area contributed by atoms with Gasteiger partial charge in [-0.1, -0.05) is 36.4 Å². The van der Waals surface area contributed by atoms with E-state index in [0.717, 1.165) is 16.0 Å². The highest BCUT2D eigenvalue weighted by molar-refractivity contribution is 6.53. The molecule has 0 bridgehead atoms. The van der Waals surface area contributed by atoms with Crippen LogP contribution in [0.3, 0.4) is 0 Å². The van der Waals surface area contributed by atoms with Crippen molar-refractivity contribution >= 4 is 29.3 Å². The van der Waals surface area contributed by atoms with Crippen molar-refractivity contribution in [3.63, 3.8) is 0 Å². The molecule has 0 aromatic heterocycles. The van der Waals surface area contributed by atoms with Crippen LogP contribution in [0.15, 0.2) is 77.8 Å². The predicted octanol–water partition coefficient (Wildman–Crippen LogP) is 4.51. The van der Waals surface area contributed by atoms with Crippen molar-refractivity contribution in [1.82, 2.24) is 0 Å². The van der Waals surface area contributed by atoms with Crippen molar-refractivity contribution in [2.24, 2.45) is 4.99 Å². The molecule has 172 valence electrons. The molecule has 0 unspecified atom stereocenters. The number of ether oxygens (including phenoxy) is 2. The molecule has 0 radical (unpaired) electrons. The lowest BCUT2D eigenvalue weighted by Gasteiger charge is -2.14. The van der Waals surface area contributed by atoms with Crippen molar-refractivity contribution in [3.05, 3.63) is 89.5 Å². The third-order valence-corrected chi connectivity index (χ3v) is 5.16. The number of hydrogen-bond donors (Lipinski definition) is 1. The van der Waals surface area contributed by atoms with Gasteiger partial charge in [-0.05, 0) is 54.4 Å². The van der Waals surface area contributed by atoms with Crippen molar-refractivity contribution in [2.75, 3.05) is 11.5 Å². The third kappa shape index (κ3) is 4.96. The largest absolute Gasteiger partial charge is 0.490 e. The van der Waals surface area contributed by atoms with E-state index >= 15 is 0 Å². The zero-order chi connectivity index (χ0) is 24.1. The Kier molecular flexibility index (Phi) is 6.68. The maximum atomic E-state index is 12.8. The number of aromatic carboxylic acids is 1. The number of para-hydroxylation sites is 1. The second kappa shape index (κ2) is 9.99. The molecule has 1 aliphatic rings. The van der Waals surface area contributed by atoms with Gasteiger partial charge < -0.3 is 14.6 Å². The Balaban J connectivity index is 1.47. The highest BCUT2D eigenvalue weighted by atomic mass is 16.5. The molecule has 0 atom stereocenters. The number of carboxylic acids is 1. The molecule has 34 heavy (non-hydrogen) atoms. The molecule has 0 fully saturated rings. The van der Waals surface area contributed by atoms with Gasteiger partial charge in [0.05, 0.1) is 17.9 Å². The SMILES string of the molecule is CCOc1cc(CC2=NC(=O)N(c3ccccc3)C2=O)ccc1OCc1ccc(C(=O)O)cc1. The molecule has 0 saturated carbocycles. The Morgan fingerprint density at radius 2 is 1.62 bits per heavy atom. The number of nitrogens with zero attached hydrogens (tertiary/aromatic N) is 2. The molecule has 3 aromatic carbocycles. The first-order chi connectivity index (χ1) is 16.5. The Hall–Kier alpha value is -4.46. The Morgan fingerprint density at radius 1 is 0.912 bits per heavy atom.